The molecule has 0 spiro atoms. The zero-order valence-electron chi connectivity index (χ0n) is 15.3. The van der Waals surface area contributed by atoms with Crippen molar-refractivity contribution >= 4 is 30.4 Å². The first kappa shape index (κ1) is 27.1. The first-order valence-corrected chi connectivity index (χ1v) is 14.2. The molecule has 20 heteroatoms. The van der Waals surface area contributed by atoms with Crippen LogP contribution in [-0.2, 0) is 28.4 Å². The van der Waals surface area contributed by atoms with E-state index in [1.165, 1.54) is 0 Å². The van der Waals surface area contributed by atoms with E-state index in [-0.39, 0.29) is 11.4 Å². The van der Waals surface area contributed by atoms with E-state index >= 15 is 0 Å². The van der Waals surface area contributed by atoms with Crippen LogP contribution in [0.1, 0.15) is 11.1 Å². The lowest BCUT2D eigenvalue weighted by molar-refractivity contribution is 0.130. The van der Waals surface area contributed by atoms with Crippen LogP contribution in [0, 0.1) is 0 Å². The molecule has 0 saturated carbocycles. The highest BCUT2D eigenvalue weighted by atomic mass is 31.2. The minimum Gasteiger partial charge on any atom is -0.364 e. The fourth-order valence-corrected chi connectivity index (χ4v) is 7.09. The average Bonchev–Trinajstić information content (AvgIpc) is 2.63. The Hall–Kier alpha value is -1.18. The monoisotopic (exact) mass is 536 g/mol. The fraction of sp³-hybridized carbons (Fsp3) is 0.167. The van der Waals surface area contributed by atoms with Crippen molar-refractivity contribution in [2.75, 3.05) is 0 Å². The van der Waals surface area contributed by atoms with Gasteiger partial charge in [-0.25, -0.2) is 0 Å². The number of hydrogen-bond acceptors (Lipinski definition) is 8. The summed E-state index contributed by atoms with van der Waals surface area (Å²) in [6, 6.07) is 3.28. The summed E-state index contributed by atoms with van der Waals surface area (Å²) in [6.45, 7) is 0. The first-order chi connectivity index (χ1) is 14.2. The minimum absolute atomic E-state index is 0.157. The molecule has 0 amide bonds. The van der Waals surface area contributed by atoms with Crippen LogP contribution in [0.15, 0.2) is 36.7 Å². The van der Waals surface area contributed by atoms with Crippen LogP contribution >= 0.6 is 30.4 Å². The molecule has 0 saturated heterocycles. The molecule has 16 nitrogen and oxygen atoms in total. The summed E-state index contributed by atoms with van der Waals surface area (Å²) >= 11 is 0. The second kappa shape index (κ2) is 8.24. The predicted octanol–water partition coefficient (Wildman–Crippen LogP) is -0.940. The number of aromatic nitrogens is 2. The van der Waals surface area contributed by atoms with Crippen molar-refractivity contribution in [2.45, 2.75) is 10.2 Å². The Kier molecular flexibility index (Phi) is 6.97. The first-order valence-electron chi connectivity index (χ1n) is 7.78. The second-order valence-corrected chi connectivity index (χ2v) is 14.0. The summed E-state index contributed by atoms with van der Waals surface area (Å²) in [4.78, 5) is 81.1. The molecule has 32 heavy (non-hydrogen) atoms. The van der Waals surface area contributed by atoms with Crippen molar-refractivity contribution in [3.63, 3.8) is 0 Å². The zero-order chi connectivity index (χ0) is 25.0. The molecule has 0 aliphatic rings. The molecule has 0 aliphatic heterocycles. The Bertz CT molecular complexity index is 1050. The molecule has 0 unspecified atom stereocenters. The van der Waals surface area contributed by atoms with Crippen LogP contribution in [0.25, 0.3) is 11.4 Å². The van der Waals surface area contributed by atoms with E-state index in [1.54, 1.807) is 0 Å². The van der Waals surface area contributed by atoms with Crippen molar-refractivity contribution in [1.82, 2.24) is 9.97 Å². The SMILES string of the molecule is O=P(O)(O)C(O)(c1ccc(-c2ccc(C(O)(P(=O)(O)O)P(=O)(O)O)cn2)nc1)P(=O)(O)O. The molecule has 0 radical (unpaired) electrons. The van der Waals surface area contributed by atoms with Gasteiger partial charge in [0.2, 0.25) is 0 Å². The van der Waals surface area contributed by atoms with Crippen LogP contribution in [0.2, 0.25) is 0 Å². The number of rotatable bonds is 7. The highest BCUT2D eigenvalue weighted by molar-refractivity contribution is 7.71. The topological polar surface area (TPSA) is 296 Å². The predicted molar refractivity (Wildman–Crippen MR) is 103 cm³/mol. The number of pyridine rings is 2. The quantitative estimate of drug-likeness (QED) is 0.191. The zero-order valence-corrected chi connectivity index (χ0v) is 18.8. The van der Waals surface area contributed by atoms with Gasteiger partial charge in [-0.05, 0) is 12.1 Å². The second-order valence-electron chi connectivity index (χ2n) is 6.31. The molecule has 2 aromatic heterocycles. The van der Waals surface area contributed by atoms with Crippen molar-refractivity contribution in [3.05, 3.63) is 47.8 Å². The molecule has 2 rings (SSSR count). The summed E-state index contributed by atoms with van der Waals surface area (Å²) in [5.41, 5.74) is -2.18. The maximum Gasteiger partial charge on any atom is 0.374 e. The van der Waals surface area contributed by atoms with Crippen LogP contribution in [0.4, 0.5) is 0 Å². The van der Waals surface area contributed by atoms with Crippen molar-refractivity contribution < 1.29 is 67.6 Å². The molecule has 2 heterocycles. The van der Waals surface area contributed by atoms with E-state index in [4.69, 9.17) is 0 Å². The highest BCUT2D eigenvalue weighted by Gasteiger charge is 2.62. The van der Waals surface area contributed by atoms with Gasteiger partial charge in [0.1, 0.15) is 0 Å². The summed E-state index contributed by atoms with van der Waals surface area (Å²) < 4.78 is 46.0. The van der Waals surface area contributed by atoms with E-state index in [1.807, 2.05) is 0 Å². The molecule has 0 aromatic carbocycles. The van der Waals surface area contributed by atoms with Crippen molar-refractivity contribution in [1.29, 1.82) is 0 Å². The fourth-order valence-electron chi connectivity index (χ4n) is 2.50. The Labute approximate surface area is 177 Å². The largest absolute Gasteiger partial charge is 0.374 e. The third-order valence-electron chi connectivity index (χ3n) is 4.19. The standard InChI is InChI=1S/C12H16N2O14P4/c15-11(29(17,18)19,30(20,21)22)7-1-3-9(13-5-7)10-4-2-8(6-14-10)12(16,31(23,24)25)32(26,27)28/h1-6,15-16H,(H2,17,18,19)(H2,20,21,22)(H2,23,24,25)(H2,26,27,28). The Morgan fingerprint density at radius 2 is 0.781 bits per heavy atom. The van der Waals surface area contributed by atoms with Crippen LogP contribution in [0.5, 0.6) is 0 Å². The lowest BCUT2D eigenvalue weighted by Crippen LogP contribution is -2.26. The van der Waals surface area contributed by atoms with Gasteiger partial charge in [-0.2, -0.15) is 0 Å². The maximum atomic E-state index is 11.5. The van der Waals surface area contributed by atoms with Gasteiger partial charge >= 0.3 is 30.4 Å². The Balaban J connectivity index is 2.53. The van der Waals surface area contributed by atoms with Gasteiger partial charge in [0.25, 0.3) is 10.2 Å². The van der Waals surface area contributed by atoms with E-state index in [9.17, 15) is 67.6 Å². The van der Waals surface area contributed by atoms with Gasteiger partial charge in [-0.1, -0.05) is 12.1 Å². The molecule has 0 bridgehead atoms. The molecule has 0 atom stereocenters. The summed E-state index contributed by atoms with van der Waals surface area (Å²) in [6.07, 6.45) is 1.06. The normalized spacial score (nSPS) is 14.4. The molecular weight excluding hydrogens is 520 g/mol. The molecule has 10 N–H and O–H groups in total. The molecule has 2 aromatic rings. The van der Waals surface area contributed by atoms with Gasteiger partial charge in [0, 0.05) is 23.5 Å². The molecule has 178 valence electrons. The lowest BCUT2D eigenvalue weighted by Gasteiger charge is -2.29. The van der Waals surface area contributed by atoms with Gasteiger partial charge in [-0.3, -0.25) is 28.2 Å². The summed E-state index contributed by atoms with van der Waals surface area (Å²) in [5.74, 6) is 0. The van der Waals surface area contributed by atoms with Crippen molar-refractivity contribution in [3.8, 4) is 11.4 Å². The maximum absolute atomic E-state index is 11.5. The summed E-state index contributed by atoms with van der Waals surface area (Å²) in [7, 11) is -23.3. The molecular formula is C12H16N2O14P4. The third kappa shape index (κ3) is 4.45. The lowest BCUT2D eigenvalue weighted by atomic mass is 10.2. The van der Waals surface area contributed by atoms with E-state index in [0.717, 1.165) is 24.3 Å². The van der Waals surface area contributed by atoms with Gasteiger partial charge in [0.15, 0.2) is 0 Å². The molecule has 0 fully saturated rings. The number of aliphatic hydroxyl groups is 2. The highest BCUT2D eigenvalue weighted by Crippen LogP contribution is 2.73. The van der Waals surface area contributed by atoms with E-state index in [0.29, 0.717) is 12.4 Å². The van der Waals surface area contributed by atoms with E-state index in [2.05, 4.69) is 9.97 Å². The van der Waals surface area contributed by atoms with Crippen LogP contribution in [0.3, 0.4) is 0 Å². The van der Waals surface area contributed by atoms with Crippen LogP contribution < -0.4 is 0 Å². The summed E-state index contributed by atoms with van der Waals surface area (Å²) in [5, 5.41) is 12.3. The number of nitrogens with zero attached hydrogens (tertiary/aromatic N) is 2. The number of hydrogen-bond donors (Lipinski definition) is 10. The van der Waals surface area contributed by atoms with Crippen LogP contribution in [-0.4, -0.2) is 59.3 Å². The Morgan fingerprint density at radius 1 is 0.531 bits per heavy atom. The molecule has 0 aliphatic carbocycles. The van der Waals surface area contributed by atoms with Gasteiger partial charge in [-0.15, -0.1) is 0 Å². The third-order valence-corrected chi connectivity index (χ3v) is 11.6. The van der Waals surface area contributed by atoms with E-state index < -0.39 is 51.7 Å². The van der Waals surface area contributed by atoms with Crippen molar-refractivity contribution in [2.24, 2.45) is 0 Å². The van der Waals surface area contributed by atoms with Gasteiger partial charge in [0.05, 0.1) is 11.4 Å². The Morgan fingerprint density at radius 3 is 0.938 bits per heavy atom. The smallest absolute Gasteiger partial charge is 0.364 e. The average molecular weight is 536 g/mol. The van der Waals surface area contributed by atoms with Gasteiger partial charge < -0.3 is 49.4 Å². The minimum atomic E-state index is -5.81.